The van der Waals surface area contributed by atoms with E-state index < -0.39 is 17.0 Å². The van der Waals surface area contributed by atoms with Crippen molar-refractivity contribution >= 4 is 62.3 Å². The number of nitrogens with zero attached hydrogens (tertiary/aromatic N) is 1. The molecule has 0 saturated carbocycles. The molecule has 0 aliphatic heterocycles. The molecule has 0 bridgehead atoms. The van der Waals surface area contributed by atoms with Crippen molar-refractivity contribution in [2.75, 3.05) is 54.3 Å². The summed E-state index contributed by atoms with van der Waals surface area (Å²) in [6.07, 6.45) is 3.13. The Morgan fingerprint density at radius 2 is 1.58 bits per heavy atom. The van der Waals surface area contributed by atoms with Crippen LogP contribution in [0.15, 0.2) is 85.1 Å². The molecule has 3 amide bonds. The second-order valence-electron chi connectivity index (χ2n) is 12.6. The van der Waals surface area contributed by atoms with E-state index in [1.807, 2.05) is 57.2 Å². The topological polar surface area (TPSA) is 172 Å². The zero-order chi connectivity index (χ0) is 37.4. The molecule has 1 unspecified atom stereocenters. The lowest BCUT2D eigenvalue weighted by molar-refractivity contribution is 0.0941. The van der Waals surface area contributed by atoms with Crippen molar-refractivity contribution in [3.05, 3.63) is 96.2 Å². The van der Waals surface area contributed by atoms with Crippen LogP contribution in [0.3, 0.4) is 0 Å². The fraction of sp³-hybridized carbons (Fsp3) is 0.237. The molecule has 0 fully saturated rings. The van der Waals surface area contributed by atoms with Gasteiger partial charge in [0.15, 0.2) is 5.75 Å². The average Bonchev–Trinajstić information content (AvgIpc) is 3.11. The van der Waals surface area contributed by atoms with Gasteiger partial charge in [-0.2, -0.15) is 0 Å². The van der Waals surface area contributed by atoms with Crippen molar-refractivity contribution in [3.63, 3.8) is 0 Å². The van der Waals surface area contributed by atoms with E-state index in [0.717, 1.165) is 16.3 Å². The smallest absolute Gasteiger partial charge is 0.323 e. The average molecular weight is 727 g/mol. The minimum Gasteiger partial charge on any atom is -0.496 e. The number of aromatic nitrogens is 1. The first-order valence-corrected chi connectivity index (χ1v) is 17.9. The number of hydrogen-bond donors (Lipinski definition) is 6. The highest BCUT2D eigenvalue weighted by molar-refractivity contribution is 7.85. The third-order valence-electron chi connectivity index (χ3n) is 7.87. The molecule has 0 saturated heterocycles. The summed E-state index contributed by atoms with van der Waals surface area (Å²) in [6.45, 7) is 6.11. The predicted molar refractivity (Wildman–Crippen MR) is 206 cm³/mol. The summed E-state index contributed by atoms with van der Waals surface area (Å²) < 4.78 is 32.3. The highest BCUT2D eigenvalue weighted by Gasteiger charge is 2.22. The lowest BCUT2D eigenvalue weighted by Crippen LogP contribution is -2.26. The lowest BCUT2D eigenvalue weighted by Gasteiger charge is -2.24. The minimum absolute atomic E-state index is 0.134. The number of urea groups is 1. The highest BCUT2D eigenvalue weighted by atomic mass is 32.2. The first-order chi connectivity index (χ1) is 24.9. The number of methoxy groups -OCH3 is 2. The molecule has 1 atom stereocenters. The standard InChI is InChI=1S/C38H42N6O7S/c1-38(2,3)23-19-30(35(50-5)31(20-23)44-52(6)48)43-37(47)42-29-13-14-32(27-10-8-7-9-26(27)29)51-25-15-16-39-34(22-25)41-24-11-12-28(33(21-24)49-4)36(46)40-17-18-45/h7-16,19-22,44-45H,17-18H2,1-6H3,(H,39,41)(H,40,46)(H2,42,43,47). The molecule has 4 aromatic carbocycles. The Bertz CT molecular complexity index is 2120. The predicted octanol–water partition coefficient (Wildman–Crippen LogP) is 7.16. The molecule has 52 heavy (non-hydrogen) atoms. The normalized spacial score (nSPS) is 11.7. The van der Waals surface area contributed by atoms with E-state index in [-0.39, 0.29) is 24.5 Å². The number of amides is 3. The summed E-state index contributed by atoms with van der Waals surface area (Å²) in [5, 5.41) is 22.2. The Labute approximate surface area is 304 Å². The van der Waals surface area contributed by atoms with Crippen molar-refractivity contribution in [3.8, 4) is 23.0 Å². The number of aliphatic hydroxyl groups excluding tert-OH is 1. The third kappa shape index (κ3) is 9.08. The number of carbonyl (C=O) groups is 2. The summed E-state index contributed by atoms with van der Waals surface area (Å²) in [4.78, 5) is 30.3. The molecule has 13 nitrogen and oxygen atoms in total. The van der Waals surface area contributed by atoms with E-state index >= 15 is 0 Å². The molecule has 0 radical (unpaired) electrons. The zero-order valence-corrected chi connectivity index (χ0v) is 30.6. The van der Waals surface area contributed by atoms with Gasteiger partial charge in [0.25, 0.3) is 5.91 Å². The van der Waals surface area contributed by atoms with Crippen LogP contribution in [0, 0.1) is 0 Å². The molecule has 5 rings (SSSR count). The third-order valence-corrected chi connectivity index (χ3v) is 8.38. The van der Waals surface area contributed by atoms with Crippen molar-refractivity contribution in [2.45, 2.75) is 26.2 Å². The van der Waals surface area contributed by atoms with Crippen LogP contribution in [0.4, 0.5) is 33.4 Å². The molecule has 5 aromatic rings. The van der Waals surface area contributed by atoms with Crippen LogP contribution in [-0.2, 0) is 16.4 Å². The Morgan fingerprint density at radius 1 is 0.846 bits per heavy atom. The van der Waals surface area contributed by atoms with E-state index in [9.17, 15) is 13.8 Å². The van der Waals surface area contributed by atoms with Gasteiger partial charge in [-0.15, -0.1) is 0 Å². The molecule has 6 N–H and O–H groups in total. The number of nitrogens with one attached hydrogen (secondary N) is 5. The highest BCUT2D eigenvalue weighted by Crippen LogP contribution is 2.40. The molecule has 14 heteroatoms. The Balaban J connectivity index is 1.35. The number of pyridine rings is 1. The molecule has 0 spiro atoms. The summed E-state index contributed by atoms with van der Waals surface area (Å²) in [5.41, 5.74) is 3.10. The minimum atomic E-state index is -1.36. The van der Waals surface area contributed by atoms with Crippen LogP contribution in [0.5, 0.6) is 23.0 Å². The van der Waals surface area contributed by atoms with Crippen LogP contribution in [0.25, 0.3) is 10.8 Å². The van der Waals surface area contributed by atoms with Crippen LogP contribution in [-0.4, -0.2) is 59.9 Å². The van der Waals surface area contributed by atoms with Crippen molar-refractivity contribution in [2.24, 2.45) is 0 Å². The maximum absolute atomic E-state index is 13.4. The summed E-state index contributed by atoms with van der Waals surface area (Å²) in [6, 6.07) is 22.8. The zero-order valence-electron chi connectivity index (χ0n) is 29.7. The van der Waals surface area contributed by atoms with Crippen LogP contribution in [0.1, 0.15) is 36.7 Å². The molecule has 1 heterocycles. The van der Waals surface area contributed by atoms with E-state index in [1.54, 1.807) is 48.7 Å². The summed E-state index contributed by atoms with van der Waals surface area (Å²) in [7, 11) is 1.60. The van der Waals surface area contributed by atoms with Gasteiger partial charge in [-0.1, -0.05) is 45.0 Å². The summed E-state index contributed by atoms with van der Waals surface area (Å²) >= 11 is 0. The Hall–Kier alpha value is -5.86. The number of fused-ring (bicyclic) bond motifs is 1. The van der Waals surface area contributed by atoms with Crippen molar-refractivity contribution in [1.29, 1.82) is 0 Å². The Morgan fingerprint density at radius 3 is 2.27 bits per heavy atom. The van der Waals surface area contributed by atoms with Gasteiger partial charge in [0.2, 0.25) is 0 Å². The molecular weight excluding hydrogens is 685 g/mol. The van der Waals surface area contributed by atoms with E-state index in [1.165, 1.54) is 20.5 Å². The van der Waals surface area contributed by atoms with Crippen molar-refractivity contribution in [1.82, 2.24) is 10.3 Å². The lowest BCUT2D eigenvalue weighted by atomic mass is 9.86. The number of ether oxygens (including phenoxy) is 3. The second kappa shape index (κ2) is 16.4. The maximum atomic E-state index is 13.4. The number of benzene rings is 4. The van der Waals surface area contributed by atoms with E-state index in [2.05, 4.69) is 31.0 Å². The number of carbonyl (C=O) groups excluding carboxylic acids is 2. The van der Waals surface area contributed by atoms with Crippen LogP contribution >= 0.6 is 0 Å². The van der Waals surface area contributed by atoms with Gasteiger partial charge in [-0.05, 0) is 53.4 Å². The molecular formula is C38H42N6O7S. The van der Waals surface area contributed by atoms with Gasteiger partial charge in [0.05, 0.1) is 43.5 Å². The van der Waals surface area contributed by atoms with Gasteiger partial charge in [0.1, 0.15) is 34.1 Å². The maximum Gasteiger partial charge on any atom is 0.323 e. The molecule has 0 aliphatic rings. The number of rotatable bonds is 13. The molecule has 0 aliphatic carbocycles. The fourth-order valence-corrected chi connectivity index (χ4v) is 5.85. The summed E-state index contributed by atoms with van der Waals surface area (Å²) in [5.74, 6) is 1.92. The van der Waals surface area contributed by atoms with Crippen molar-refractivity contribution < 1.29 is 33.1 Å². The first kappa shape index (κ1) is 37.4. The van der Waals surface area contributed by atoms with Crippen LogP contribution < -0.4 is 40.2 Å². The largest absolute Gasteiger partial charge is 0.496 e. The fourth-order valence-electron chi connectivity index (χ4n) is 5.39. The number of aliphatic hydroxyl groups is 1. The van der Waals surface area contributed by atoms with Gasteiger partial charge in [-0.25, -0.2) is 14.0 Å². The molecule has 272 valence electrons. The van der Waals surface area contributed by atoms with Crippen LogP contribution in [0.2, 0.25) is 0 Å². The quantitative estimate of drug-likeness (QED) is 0.0737. The number of anilines is 5. The molecule has 1 aromatic heterocycles. The van der Waals surface area contributed by atoms with Gasteiger partial charge in [-0.3, -0.25) is 4.79 Å². The Kier molecular flexibility index (Phi) is 11.8. The van der Waals surface area contributed by atoms with E-state index in [4.69, 9.17) is 19.3 Å². The second-order valence-corrected chi connectivity index (χ2v) is 13.8. The van der Waals surface area contributed by atoms with E-state index in [0.29, 0.717) is 57.1 Å². The number of hydrogen-bond acceptors (Lipinski definition) is 9. The van der Waals surface area contributed by atoms with Gasteiger partial charge < -0.3 is 45.3 Å². The SMILES string of the molecule is COc1cc(Nc2cc(Oc3ccc(NC(=O)Nc4cc(C(C)(C)C)cc(NS(C)=O)c4OC)c4ccccc34)ccn2)ccc1C(=O)NCCO. The van der Waals surface area contributed by atoms with Gasteiger partial charge >= 0.3 is 6.03 Å². The monoisotopic (exact) mass is 726 g/mol. The first-order valence-electron chi connectivity index (χ1n) is 16.3. The van der Waals surface area contributed by atoms with Gasteiger partial charge in [0, 0.05) is 47.6 Å².